The van der Waals surface area contributed by atoms with Crippen LogP contribution in [0.15, 0.2) is 12.2 Å². The Hall–Kier alpha value is -0.260. The van der Waals surface area contributed by atoms with E-state index in [1.807, 2.05) is 0 Å². The largest absolute Gasteiger partial charge is 0.0882 e. The first kappa shape index (κ1) is 8.83. The number of rotatable bonds is 5. The normalized spacial score (nSPS) is 22.8. The molecule has 0 heteroatoms. The van der Waals surface area contributed by atoms with Gasteiger partial charge in [0.1, 0.15) is 0 Å². The van der Waals surface area contributed by atoms with Crippen LogP contribution in [0.5, 0.6) is 0 Å². The van der Waals surface area contributed by atoms with Crippen LogP contribution in [0, 0.1) is 5.92 Å². The van der Waals surface area contributed by atoms with Gasteiger partial charge < -0.3 is 0 Å². The molecule has 1 aliphatic rings. The monoisotopic (exact) mass is 152 g/mol. The summed E-state index contributed by atoms with van der Waals surface area (Å²) < 4.78 is 0. The first-order chi connectivity index (χ1) is 5.43. The Bertz CT molecular complexity index is 113. The summed E-state index contributed by atoms with van der Waals surface area (Å²) >= 11 is 0. The van der Waals surface area contributed by atoms with Gasteiger partial charge in [-0.1, -0.05) is 44.8 Å². The Morgan fingerprint density at radius 3 is 2.82 bits per heavy atom. The topological polar surface area (TPSA) is 0 Å². The molecule has 0 aromatic carbocycles. The summed E-state index contributed by atoms with van der Waals surface area (Å²) in [5.41, 5.74) is 0. The molecule has 0 N–H and O–H groups in total. The molecule has 64 valence electrons. The Morgan fingerprint density at radius 1 is 1.27 bits per heavy atom. The molecular formula is C11H20. The zero-order chi connectivity index (χ0) is 7.94. The van der Waals surface area contributed by atoms with Crippen LogP contribution in [0.1, 0.15) is 51.9 Å². The fourth-order valence-corrected chi connectivity index (χ4v) is 1.77. The van der Waals surface area contributed by atoms with E-state index in [9.17, 15) is 0 Å². The maximum absolute atomic E-state index is 2.41. The van der Waals surface area contributed by atoms with Gasteiger partial charge in [0.25, 0.3) is 0 Å². The molecular weight excluding hydrogens is 132 g/mol. The smallest absolute Gasteiger partial charge is 0.0231 e. The highest BCUT2D eigenvalue weighted by Gasteiger charge is 2.07. The van der Waals surface area contributed by atoms with E-state index in [2.05, 4.69) is 19.1 Å². The Morgan fingerprint density at radius 2 is 2.18 bits per heavy atom. The zero-order valence-electron chi connectivity index (χ0n) is 7.68. The van der Waals surface area contributed by atoms with E-state index in [1.165, 1.54) is 44.9 Å². The van der Waals surface area contributed by atoms with Gasteiger partial charge in [-0.25, -0.2) is 0 Å². The molecule has 0 aliphatic heterocycles. The molecule has 0 bridgehead atoms. The van der Waals surface area contributed by atoms with Crippen molar-refractivity contribution in [1.29, 1.82) is 0 Å². The van der Waals surface area contributed by atoms with Crippen molar-refractivity contribution in [3.63, 3.8) is 0 Å². The van der Waals surface area contributed by atoms with E-state index in [1.54, 1.807) is 0 Å². The van der Waals surface area contributed by atoms with Crippen molar-refractivity contribution in [1.82, 2.24) is 0 Å². The molecule has 0 aromatic heterocycles. The molecule has 0 heterocycles. The minimum absolute atomic E-state index is 0.937. The second kappa shape index (κ2) is 5.40. The van der Waals surface area contributed by atoms with Crippen molar-refractivity contribution in [2.24, 2.45) is 5.92 Å². The van der Waals surface area contributed by atoms with E-state index >= 15 is 0 Å². The second-order valence-electron chi connectivity index (χ2n) is 3.61. The number of hydrogen-bond donors (Lipinski definition) is 0. The lowest BCUT2D eigenvalue weighted by Crippen LogP contribution is -1.90. The van der Waals surface area contributed by atoms with Crippen molar-refractivity contribution in [2.75, 3.05) is 0 Å². The summed E-state index contributed by atoms with van der Waals surface area (Å²) in [6, 6.07) is 0. The summed E-state index contributed by atoms with van der Waals surface area (Å²) in [5, 5.41) is 0. The van der Waals surface area contributed by atoms with Crippen molar-refractivity contribution in [3.05, 3.63) is 12.2 Å². The molecule has 1 atom stereocenters. The van der Waals surface area contributed by atoms with Gasteiger partial charge in [0, 0.05) is 0 Å². The standard InChI is InChI=1S/C11H20/c1-2-3-4-5-8-11-9-6-7-10-11/h6,9,11H,2-5,7-8,10H2,1H3/t11-/m0/s1. The van der Waals surface area contributed by atoms with Gasteiger partial charge in [-0.15, -0.1) is 0 Å². The summed E-state index contributed by atoms with van der Waals surface area (Å²) in [7, 11) is 0. The fourth-order valence-electron chi connectivity index (χ4n) is 1.77. The minimum atomic E-state index is 0.937. The van der Waals surface area contributed by atoms with Crippen LogP contribution in [0.4, 0.5) is 0 Å². The summed E-state index contributed by atoms with van der Waals surface area (Å²) in [5.74, 6) is 0.937. The molecule has 0 unspecified atom stereocenters. The maximum Gasteiger partial charge on any atom is -0.0231 e. The zero-order valence-corrected chi connectivity index (χ0v) is 7.68. The third-order valence-electron chi connectivity index (χ3n) is 2.54. The molecule has 0 amide bonds. The molecule has 0 radical (unpaired) electrons. The van der Waals surface area contributed by atoms with Gasteiger partial charge in [-0.3, -0.25) is 0 Å². The van der Waals surface area contributed by atoms with Crippen LogP contribution in [-0.4, -0.2) is 0 Å². The van der Waals surface area contributed by atoms with Crippen LogP contribution in [0.2, 0.25) is 0 Å². The van der Waals surface area contributed by atoms with Crippen LogP contribution in [0.25, 0.3) is 0 Å². The first-order valence-corrected chi connectivity index (χ1v) is 5.10. The highest BCUT2D eigenvalue weighted by molar-refractivity contribution is 4.95. The lowest BCUT2D eigenvalue weighted by Gasteiger charge is -2.05. The van der Waals surface area contributed by atoms with Crippen molar-refractivity contribution >= 4 is 0 Å². The SMILES string of the molecule is CCCCCC[C@H]1C=CCC1. The third-order valence-corrected chi connectivity index (χ3v) is 2.54. The van der Waals surface area contributed by atoms with Crippen molar-refractivity contribution in [2.45, 2.75) is 51.9 Å². The molecule has 0 nitrogen and oxygen atoms in total. The second-order valence-corrected chi connectivity index (χ2v) is 3.61. The van der Waals surface area contributed by atoms with Gasteiger partial charge in [0.15, 0.2) is 0 Å². The summed E-state index contributed by atoms with van der Waals surface area (Å²) in [6.07, 6.45) is 14.6. The van der Waals surface area contributed by atoms with E-state index in [4.69, 9.17) is 0 Å². The summed E-state index contributed by atoms with van der Waals surface area (Å²) in [6.45, 7) is 2.27. The quantitative estimate of drug-likeness (QED) is 0.413. The molecule has 1 rings (SSSR count). The van der Waals surface area contributed by atoms with E-state index in [0.29, 0.717) is 0 Å². The molecule has 0 saturated carbocycles. The molecule has 1 aliphatic carbocycles. The highest BCUT2D eigenvalue weighted by atomic mass is 14.1. The van der Waals surface area contributed by atoms with Gasteiger partial charge in [-0.2, -0.15) is 0 Å². The fraction of sp³-hybridized carbons (Fsp3) is 0.818. The Balaban J connectivity index is 1.90. The average Bonchev–Trinajstić information content (AvgIpc) is 2.50. The van der Waals surface area contributed by atoms with Crippen molar-refractivity contribution in [3.8, 4) is 0 Å². The summed E-state index contributed by atoms with van der Waals surface area (Å²) in [4.78, 5) is 0. The molecule has 11 heavy (non-hydrogen) atoms. The van der Waals surface area contributed by atoms with Crippen LogP contribution in [-0.2, 0) is 0 Å². The van der Waals surface area contributed by atoms with E-state index in [-0.39, 0.29) is 0 Å². The van der Waals surface area contributed by atoms with E-state index < -0.39 is 0 Å². The predicted octanol–water partition coefficient (Wildman–Crippen LogP) is 3.92. The molecule has 0 spiro atoms. The minimum Gasteiger partial charge on any atom is -0.0882 e. The third kappa shape index (κ3) is 3.60. The van der Waals surface area contributed by atoms with Gasteiger partial charge >= 0.3 is 0 Å². The molecule has 0 fully saturated rings. The van der Waals surface area contributed by atoms with Crippen molar-refractivity contribution < 1.29 is 0 Å². The highest BCUT2D eigenvalue weighted by Crippen LogP contribution is 2.22. The van der Waals surface area contributed by atoms with Gasteiger partial charge in [0.05, 0.1) is 0 Å². The lowest BCUT2D eigenvalue weighted by molar-refractivity contribution is 0.523. The van der Waals surface area contributed by atoms with Gasteiger partial charge in [0.2, 0.25) is 0 Å². The predicted molar refractivity (Wildman–Crippen MR) is 50.6 cm³/mol. The van der Waals surface area contributed by atoms with Crippen LogP contribution < -0.4 is 0 Å². The van der Waals surface area contributed by atoms with Crippen LogP contribution in [0.3, 0.4) is 0 Å². The lowest BCUT2D eigenvalue weighted by atomic mass is 10.0. The Labute approximate surface area is 70.7 Å². The maximum atomic E-state index is 2.41. The van der Waals surface area contributed by atoms with Crippen LogP contribution >= 0.6 is 0 Å². The first-order valence-electron chi connectivity index (χ1n) is 5.10. The number of unbranched alkanes of at least 4 members (excludes halogenated alkanes) is 3. The molecule has 0 saturated heterocycles. The molecule has 0 aromatic rings. The number of hydrogen-bond acceptors (Lipinski definition) is 0. The average molecular weight is 152 g/mol. The van der Waals surface area contributed by atoms with Gasteiger partial charge in [-0.05, 0) is 25.2 Å². The number of allylic oxidation sites excluding steroid dienone is 2. The Kier molecular flexibility index (Phi) is 4.33. The van der Waals surface area contributed by atoms with E-state index in [0.717, 1.165) is 5.92 Å².